The monoisotopic (exact) mass is 258 g/mol. The van der Waals surface area contributed by atoms with Gasteiger partial charge in [-0.25, -0.2) is 0 Å². The van der Waals surface area contributed by atoms with Gasteiger partial charge in [0.1, 0.15) is 5.60 Å². The van der Waals surface area contributed by atoms with Gasteiger partial charge in [-0.3, -0.25) is 0 Å². The third-order valence-electron chi connectivity index (χ3n) is 6.11. The van der Waals surface area contributed by atoms with Crippen molar-refractivity contribution in [2.24, 2.45) is 29.1 Å². The summed E-state index contributed by atoms with van der Waals surface area (Å²) in [4.78, 5) is 0. The normalized spacial score (nSPS) is 47.3. The van der Waals surface area contributed by atoms with Gasteiger partial charge in [0.2, 0.25) is 0 Å². The molecule has 0 aromatic heterocycles. The first-order valence-electron chi connectivity index (χ1n) is 7.65. The molecular formula is C18H26O. The summed E-state index contributed by atoms with van der Waals surface area (Å²) in [5.41, 5.74) is 1.15. The molecule has 0 saturated heterocycles. The summed E-state index contributed by atoms with van der Waals surface area (Å²) in [5.74, 6) is 2.52. The van der Waals surface area contributed by atoms with Gasteiger partial charge in [-0.1, -0.05) is 57.2 Å². The molecule has 0 aromatic rings. The van der Waals surface area contributed by atoms with E-state index in [2.05, 4.69) is 39.5 Å². The molecule has 19 heavy (non-hydrogen) atoms. The maximum absolute atomic E-state index is 10.8. The molecule has 1 saturated carbocycles. The fourth-order valence-corrected chi connectivity index (χ4v) is 4.87. The summed E-state index contributed by atoms with van der Waals surface area (Å²) in [6.07, 6.45) is 11.5. The van der Waals surface area contributed by atoms with Gasteiger partial charge < -0.3 is 5.11 Å². The highest BCUT2D eigenvalue weighted by Gasteiger charge is 2.61. The Morgan fingerprint density at radius 2 is 2.16 bits per heavy atom. The maximum Gasteiger partial charge on any atom is 0.107 e. The molecule has 0 aliphatic heterocycles. The van der Waals surface area contributed by atoms with E-state index in [1.54, 1.807) is 6.08 Å². The Bertz CT molecular complexity index is 456. The van der Waals surface area contributed by atoms with Crippen LogP contribution in [0.25, 0.3) is 0 Å². The lowest BCUT2D eigenvalue weighted by atomic mass is 9.69. The van der Waals surface area contributed by atoms with Gasteiger partial charge >= 0.3 is 0 Å². The molecule has 0 bridgehead atoms. The van der Waals surface area contributed by atoms with Crippen LogP contribution in [-0.2, 0) is 0 Å². The summed E-state index contributed by atoms with van der Waals surface area (Å²) in [6.45, 7) is 11.0. The van der Waals surface area contributed by atoms with Crippen molar-refractivity contribution < 1.29 is 5.11 Å². The van der Waals surface area contributed by atoms with E-state index < -0.39 is 5.60 Å². The molecule has 1 nitrogen and oxygen atoms in total. The van der Waals surface area contributed by atoms with Crippen molar-refractivity contribution in [1.82, 2.24) is 0 Å². The zero-order valence-corrected chi connectivity index (χ0v) is 12.4. The highest BCUT2D eigenvalue weighted by Crippen LogP contribution is 2.67. The minimum Gasteiger partial charge on any atom is -0.381 e. The van der Waals surface area contributed by atoms with Crippen LogP contribution in [0.15, 0.2) is 36.5 Å². The molecule has 1 N–H and O–H groups in total. The van der Waals surface area contributed by atoms with Gasteiger partial charge in [-0.2, -0.15) is 0 Å². The molecule has 0 heterocycles. The zero-order chi connectivity index (χ0) is 13.8. The lowest BCUT2D eigenvalue weighted by Gasteiger charge is -2.39. The molecule has 3 aliphatic rings. The van der Waals surface area contributed by atoms with E-state index in [1.165, 1.54) is 12.0 Å². The van der Waals surface area contributed by atoms with Crippen LogP contribution in [0.2, 0.25) is 0 Å². The quantitative estimate of drug-likeness (QED) is 0.739. The van der Waals surface area contributed by atoms with E-state index in [0.29, 0.717) is 11.3 Å². The fraction of sp³-hybridized carbons (Fsp3) is 0.667. The minimum atomic E-state index is -0.829. The molecule has 1 heteroatoms. The Labute approximate surface area is 117 Å². The molecule has 3 aliphatic carbocycles. The van der Waals surface area contributed by atoms with E-state index >= 15 is 0 Å². The van der Waals surface area contributed by atoms with Crippen LogP contribution in [-0.4, -0.2) is 10.7 Å². The number of allylic oxidation sites excluding steroid dienone is 2. The van der Waals surface area contributed by atoms with Crippen LogP contribution in [0.4, 0.5) is 0 Å². The molecule has 0 amide bonds. The molecule has 3 rings (SSSR count). The van der Waals surface area contributed by atoms with Gasteiger partial charge in [0.15, 0.2) is 0 Å². The summed E-state index contributed by atoms with van der Waals surface area (Å²) >= 11 is 0. The number of hydrogen-bond donors (Lipinski definition) is 1. The Kier molecular flexibility index (Phi) is 2.83. The van der Waals surface area contributed by atoms with Crippen molar-refractivity contribution in [2.75, 3.05) is 0 Å². The van der Waals surface area contributed by atoms with Crippen LogP contribution in [0.3, 0.4) is 0 Å². The standard InChI is InChI=1S/C18H26O/c1-5-18(19)11-7-6-8-14(18)13-9-10-15-16(12(13)2)17(15,3)4/h5,7,9,11-12,14-16,19H,1,6,8,10H2,2-4H3/t12-,14-,15-,16+,18+/m1/s1. The SMILES string of the molecule is C=C[C@]1(O)C=CCC[C@@H]1C1=CC[C@@H]2[C@H]([C@@H]1C)C2(C)C. The van der Waals surface area contributed by atoms with Crippen molar-refractivity contribution in [1.29, 1.82) is 0 Å². The third kappa shape index (κ3) is 1.78. The number of hydrogen-bond acceptors (Lipinski definition) is 1. The Morgan fingerprint density at radius 3 is 2.84 bits per heavy atom. The second-order valence-electron chi connectivity index (χ2n) is 7.31. The average molecular weight is 258 g/mol. The Balaban J connectivity index is 1.89. The molecule has 0 spiro atoms. The molecule has 0 radical (unpaired) electrons. The highest BCUT2D eigenvalue weighted by molar-refractivity contribution is 5.32. The van der Waals surface area contributed by atoms with Crippen LogP contribution >= 0.6 is 0 Å². The van der Waals surface area contributed by atoms with Crippen molar-refractivity contribution >= 4 is 0 Å². The van der Waals surface area contributed by atoms with E-state index in [0.717, 1.165) is 24.7 Å². The van der Waals surface area contributed by atoms with E-state index in [4.69, 9.17) is 0 Å². The largest absolute Gasteiger partial charge is 0.381 e. The summed E-state index contributed by atoms with van der Waals surface area (Å²) < 4.78 is 0. The maximum atomic E-state index is 10.8. The van der Waals surface area contributed by atoms with E-state index in [1.807, 2.05) is 6.08 Å². The Hall–Kier alpha value is -0.820. The van der Waals surface area contributed by atoms with Crippen molar-refractivity contribution in [3.8, 4) is 0 Å². The first kappa shape index (κ1) is 13.2. The van der Waals surface area contributed by atoms with Crippen LogP contribution in [0, 0.1) is 29.1 Å². The van der Waals surface area contributed by atoms with Crippen LogP contribution in [0.1, 0.15) is 40.0 Å². The number of rotatable bonds is 2. The van der Waals surface area contributed by atoms with Gasteiger partial charge in [0, 0.05) is 5.92 Å². The molecule has 0 unspecified atom stereocenters. The van der Waals surface area contributed by atoms with Gasteiger partial charge in [0.25, 0.3) is 0 Å². The van der Waals surface area contributed by atoms with Crippen molar-refractivity contribution in [2.45, 2.75) is 45.6 Å². The topological polar surface area (TPSA) is 20.2 Å². The lowest BCUT2D eigenvalue weighted by Crippen LogP contribution is -2.39. The highest BCUT2D eigenvalue weighted by atomic mass is 16.3. The first-order valence-corrected chi connectivity index (χ1v) is 7.65. The third-order valence-corrected chi connectivity index (χ3v) is 6.11. The number of aliphatic hydroxyl groups is 1. The lowest BCUT2D eigenvalue weighted by molar-refractivity contribution is 0.0755. The van der Waals surface area contributed by atoms with Gasteiger partial charge in [-0.05, 0) is 42.4 Å². The number of fused-ring (bicyclic) bond motifs is 1. The van der Waals surface area contributed by atoms with E-state index in [-0.39, 0.29) is 5.92 Å². The second kappa shape index (κ2) is 4.09. The summed E-state index contributed by atoms with van der Waals surface area (Å²) in [7, 11) is 0. The molecule has 5 atom stereocenters. The van der Waals surface area contributed by atoms with Gasteiger partial charge in [-0.15, -0.1) is 0 Å². The minimum absolute atomic E-state index is 0.238. The molecular weight excluding hydrogens is 232 g/mol. The zero-order valence-electron chi connectivity index (χ0n) is 12.4. The first-order chi connectivity index (χ1) is 8.92. The molecule has 1 fully saturated rings. The second-order valence-corrected chi connectivity index (χ2v) is 7.31. The van der Waals surface area contributed by atoms with Crippen LogP contribution in [0.5, 0.6) is 0 Å². The molecule has 0 aromatic carbocycles. The predicted octanol–water partition coefficient (Wildman–Crippen LogP) is 4.11. The smallest absolute Gasteiger partial charge is 0.107 e. The fourth-order valence-electron chi connectivity index (χ4n) is 4.87. The van der Waals surface area contributed by atoms with Gasteiger partial charge in [0.05, 0.1) is 0 Å². The van der Waals surface area contributed by atoms with Crippen molar-refractivity contribution in [3.05, 3.63) is 36.5 Å². The average Bonchev–Trinajstić information content (AvgIpc) is 2.95. The molecule has 104 valence electrons. The predicted molar refractivity (Wildman–Crippen MR) is 79.6 cm³/mol. The van der Waals surface area contributed by atoms with E-state index in [9.17, 15) is 5.11 Å². The Morgan fingerprint density at radius 1 is 1.42 bits per heavy atom. The van der Waals surface area contributed by atoms with Crippen LogP contribution < -0.4 is 0 Å². The van der Waals surface area contributed by atoms with Crippen molar-refractivity contribution in [3.63, 3.8) is 0 Å². The summed E-state index contributed by atoms with van der Waals surface area (Å²) in [5, 5.41) is 10.8. The summed E-state index contributed by atoms with van der Waals surface area (Å²) in [6, 6.07) is 0.